The summed E-state index contributed by atoms with van der Waals surface area (Å²) in [6.07, 6.45) is 4.13. The number of guanidine groups is 1. The molecule has 0 unspecified atom stereocenters. The number of ether oxygens (including phenoxy) is 2. The van der Waals surface area contributed by atoms with Crippen LogP contribution in [-0.4, -0.2) is 48.2 Å². The van der Waals surface area contributed by atoms with Crippen LogP contribution in [0.3, 0.4) is 0 Å². The maximum Gasteiger partial charge on any atom is 0.219 e. The van der Waals surface area contributed by atoms with Gasteiger partial charge in [-0.15, -0.1) is 0 Å². The zero-order chi connectivity index (χ0) is 20.5. The van der Waals surface area contributed by atoms with Crippen molar-refractivity contribution in [1.82, 2.24) is 15.2 Å². The summed E-state index contributed by atoms with van der Waals surface area (Å²) >= 11 is 0. The summed E-state index contributed by atoms with van der Waals surface area (Å²) in [7, 11) is 0. The summed E-state index contributed by atoms with van der Waals surface area (Å²) in [5, 5.41) is 3.37. The van der Waals surface area contributed by atoms with Crippen molar-refractivity contribution in [3.8, 4) is 11.6 Å². The number of likely N-dealkylation sites (tertiary alicyclic amines) is 1. The van der Waals surface area contributed by atoms with Crippen molar-refractivity contribution in [3.05, 3.63) is 54.0 Å². The van der Waals surface area contributed by atoms with Crippen molar-refractivity contribution in [1.29, 1.82) is 0 Å². The normalized spacial score (nSPS) is 15.4. The number of aliphatic imine (C=N–C) groups is 1. The molecule has 0 atom stereocenters. The third kappa shape index (κ3) is 6.42. The van der Waals surface area contributed by atoms with Gasteiger partial charge in [0.15, 0.2) is 5.96 Å². The lowest BCUT2D eigenvalue weighted by Crippen LogP contribution is -2.47. The van der Waals surface area contributed by atoms with Crippen molar-refractivity contribution < 1.29 is 13.9 Å². The highest BCUT2D eigenvalue weighted by Crippen LogP contribution is 2.20. The lowest BCUT2D eigenvalue weighted by Gasteiger charge is -2.34. The van der Waals surface area contributed by atoms with Crippen LogP contribution in [0.25, 0.3) is 0 Å². The number of piperidine rings is 1. The number of aromatic nitrogens is 1. The molecule has 1 aromatic heterocycles. The monoisotopic (exact) mass is 400 g/mol. The first kappa shape index (κ1) is 21.0. The van der Waals surface area contributed by atoms with Gasteiger partial charge in [0.05, 0.1) is 12.6 Å². The zero-order valence-electron chi connectivity index (χ0n) is 17.1. The van der Waals surface area contributed by atoms with E-state index in [1.54, 1.807) is 24.4 Å². The van der Waals surface area contributed by atoms with E-state index in [0.717, 1.165) is 50.6 Å². The van der Waals surface area contributed by atoms with Gasteiger partial charge in [-0.3, -0.25) is 0 Å². The summed E-state index contributed by atoms with van der Waals surface area (Å²) in [6.45, 7) is 8.11. The van der Waals surface area contributed by atoms with E-state index in [0.29, 0.717) is 24.3 Å². The fourth-order valence-electron chi connectivity index (χ4n) is 3.28. The number of halogens is 1. The molecule has 2 aromatic rings. The Hall–Kier alpha value is -2.67. The van der Waals surface area contributed by atoms with E-state index >= 15 is 0 Å². The summed E-state index contributed by atoms with van der Waals surface area (Å²) in [5.41, 5.74) is 0.983. The molecule has 3 rings (SSSR count). The molecule has 1 fully saturated rings. The molecule has 1 aliphatic rings. The van der Waals surface area contributed by atoms with E-state index in [1.807, 2.05) is 13.0 Å². The van der Waals surface area contributed by atoms with Gasteiger partial charge < -0.3 is 19.7 Å². The minimum Gasteiger partial charge on any atom is -0.439 e. The van der Waals surface area contributed by atoms with Crippen molar-refractivity contribution in [2.45, 2.75) is 39.3 Å². The first-order chi connectivity index (χ1) is 14.2. The molecular formula is C22H29FN4O2. The maximum absolute atomic E-state index is 13.3. The highest BCUT2D eigenvalue weighted by Gasteiger charge is 2.21. The molecule has 0 spiro atoms. The second-order valence-corrected chi connectivity index (χ2v) is 6.88. The third-order valence-corrected chi connectivity index (χ3v) is 4.71. The SMILES string of the molecule is CCNC(=NCc1ccc(Oc2cccc(F)c2)nc1)N1CCC(OCC)CC1. The molecule has 1 aliphatic heterocycles. The fourth-order valence-corrected chi connectivity index (χ4v) is 3.28. The number of nitrogens with one attached hydrogen (secondary N) is 1. The van der Waals surface area contributed by atoms with E-state index in [4.69, 9.17) is 14.5 Å². The number of hydrogen-bond donors (Lipinski definition) is 1. The van der Waals surface area contributed by atoms with Crippen molar-refractivity contribution in [3.63, 3.8) is 0 Å². The van der Waals surface area contributed by atoms with E-state index in [-0.39, 0.29) is 5.82 Å². The number of rotatable bonds is 7. The van der Waals surface area contributed by atoms with Crippen molar-refractivity contribution in [2.24, 2.45) is 4.99 Å². The Balaban J connectivity index is 1.58. The molecule has 0 saturated carbocycles. The van der Waals surface area contributed by atoms with Gasteiger partial charge in [0.1, 0.15) is 11.6 Å². The van der Waals surface area contributed by atoms with Gasteiger partial charge in [-0.25, -0.2) is 14.4 Å². The predicted molar refractivity (Wildman–Crippen MR) is 112 cm³/mol. The summed E-state index contributed by atoms with van der Waals surface area (Å²) in [4.78, 5) is 11.4. The average molecular weight is 400 g/mol. The minimum atomic E-state index is -0.338. The van der Waals surface area contributed by atoms with Gasteiger partial charge in [-0.1, -0.05) is 12.1 Å². The van der Waals surface area contributed by atoms with Crippen LogP contribution in [0.15, 0.2) is 47.6 Å². The highest BCUT2D eigenvalue weighted by molar-refractivity contribution is 5.80. The Morgan fingerprint density at radius 3 is 2.72 bits per heavy atom. The molecule has 29 heavy (non-hydrogen) atoms. The Bertz CT molecular complexity index is 790. The van der Waals surface area contributed by atoms with Gasteiger partial charge in [0, 0.05) is 44.6 Å². The largest absolute Gasteiger partial charge is 0.439 e. The molecule has 156 valence electrons. The smallest absolute Gasteiger partial charge is 0.219 e. The average Bonchev–Trinajstić information content (AvgIpc) is 2.73. The molecule has 6 nitrogen and oxygen atoms in total. The van der Waals surface area contributed by atoms with Crippen LogP contribution in [0.4, 0.5) is 4.39 Å². The van der Waals surface area contributed by atoms with Crippen LogP contribution >= 0.6 is 0 Å². The summed E-state index contributed by atoms with van der Waals surface area (Å²) < 4.78 is 24.6. The summed E-state index contributed by atoms with van der Waals surface area (Å²) in [6, 6.07) is 9.71. The van der Waals surface area contributed by atoms with Gasteiger partial charge in [-0.05, 0) is 44.4 Å². The number of pyridine rings is 1. The van der Waals surface area contributed by atoms with E-state index < -0.39 is 0 Å². The molecule has 7 heteroatoms. The first-order valence-corrected chi connectivity index (χ1v) is 10.2. The van der Waals surface area contributed by atoms with Gasteiger partial charge in [0.25, 0.3) is 0 Å². The van der Waals surface area contributed by atoms with E-state index in [2.05, 4.69) is 22.1 Å². The minimum absolute atomic E-state index is 0.338. The second-order valence-electron chi connectivity index (χ2n) is 6.88. The zero-order valence-corrected chi connectivity index (χ0v) is 17.1. The molecule has 2 heterocycles. The Morgan fingerprint density at radius 2 is 2.07 bits per heavy atom. The fraction of sp³-hybridized carbons (Fsp3) is 0.455. The number of nitrogens with zero attached hydrogens (tertiary/aromatic N) is 3. The molecule has 1 N–H and O–H groups in total. The van der Waals surface area contributed by atoms with Crippen LogP contribution in [0.2, 0.25) is 0 Å². The van der Waals surface area contributed by atoms with Crippen molar-refractivity contribution in [2.75, 3.05) is 26.2 Å². The second kappa shape index (κ2) is 10.8. The molecule has 0 amide bonds. The molecule has 1 saturated heterocycles. The van der Waals surface area contributed by atoms with Crippen LogP contribution in [0, 0.1) is 5.82 Å². The third-order valence-electron chi connectivity index (χ3n) is 4.71. The van der Waals surface area contributed by atoms with Crippen LogP contribution < -0.4 is 10.1 Å². The maximum atomic E-state index is 13.3. The molecule has 1 aromatic carbocycles. The van der Waals surface area contributed by atoms with Crippen LogP contribution in [-0.2, 0) is 11.3 Å². The van der Waals surface area contributed by atoms with E-state index in [1.165, 1.54) is 12.1 Å². The number of benzene rings is 1. The first-order valence-electron chi connectivity index (χ1n) is 10.2. The Labute approximate surface area is 171 Å². The van der Waals surface area contributed by atoms with Gasteiger partial charge in [-0.2, -0.15) is 0 Å². The predicted octanol–water partition coefficient (Wildman–Crippen LogP) is 3.98. The Morgan fingerprint density at radius 1 is 1.24 bits per heavy atom. The summed E-state index contributed by atoms with van der Waals surface area (Å²) in [5.74, 6) is 1.43. The topological polar surface area (TPSA) is 59.0 Å². The van der Waals surface area contributed by atoms with Crippen LogP contribution in [0.5, 0.6) is 11.6 Å². The molecular weight excluding hydrogens is 371 g/mol. The quantitative estimate of drug-likeness (QED) is 0.563. The molecule has 0 bridgehead atoms. The lowest BCUT2D eigenvalue weighted by molar-refractivity contribution is 0.0263. The molecule has 0 aliphatic carbocycles. The lowest BCUT2D eigenvalue weighted by atomic mass is 10.1. The highest BCUT2D eigenvalue weighted by atomic mass is 19.1. The Kier molecular flexibility index (Phi) is 7.81. The number of hydrogen-bond acceptors (Lipinski definition) is 4. The van der Waals surface area contributed by atoms with E-state index in [9.17, 15) is 4.39 Å². The van der Waals surface area contributed by atoms with Gasteiger partial charge in [0.2, 0.25) is 5.88 Å². The van der Waals surface area contributed by atoms with Gasteiger partial charge >= 0.3 is 0 Å². The molecule has 0 radical (unpaired) electrons. The van der Waals surface area contributed by atoms with Crippen LogP contribution in [0.1, 0.15) is 32.3 Å². The standard InChI is InChI=1S/C22H29FN4O2/c1-3-24-22(27-12-10-19(11-13-27)28-4-2)26-16-17-8-9-21(25-15-17)29-20-7-5-6-18(23)14-20/h5-9,14-15,19H,3-4,10-13,16H2,1-2H3,(H,24,26). The van der Waals surface area contributed by atoms with Crippen molar-refractivity contribution >= 4 is 5.96 Å².